The van der Waals surface area contributed by atoms with Gasteiger partial charge in [-0.05, 0) is 17.7 Å². The predicted octanol–water partition coefficient (Wildman–Crippen LogP) is 1.09. The second-order valence-electron chi connectivity index (χ2n) is 4.79. The third-order valence-electron chi connectivity index (χ3n) is 3.53. The van der Waals surface area contributed by atoms with E-state index in [9.17, 15) is 4.79 Å². The van der Waals surface area contributed by atoms with Crippen LogP contribution in [0.2, 0.25) is 0 Å². The molecule has 5 nitrogen and oxygen atoms in total. The maximum absolute atomic E-state index is 11.5. The van der Waals surface area contributed by atoms with Crippen LogP contribution >= 0.6 is 0 Å². The zero-order chi connectivity index (χ0) is 13.2. The number of nitrogens with zero attached hydrogens (tertiary/aromatic N) is 3. The lowest BCUT2D eigenvalue weighted by molar-refractivity contribution is -0.127. The van der Waals surface area contributed by atoms with Gasteiger partial charge in [-0.2, -0.15) is 5.10 Å². The van der Waals surface area contributed by atoms with Crippen LogP contribution < -0.4 is 4.90 Å². The molecule has 0 spiro atoms. The fourth-order valence-electron chi connectivity index (χ4n) is 2.38. The molecule has 1 aromatic rings. The molecule has 0 saturated carbocycles. The Hall–Kier alpha value is -1.88. The summed E-state index contributed by atoms with van der Waals surface area (Å²) in [5, 5.41) is 5.66. The van der Waals surface area contributed by atoms with E-state index in [0.717, 1.165) is 37.6 Å². The fourth-order valence-corrected chi connectivity index (χ4v) is 2.38. The molecule has 1 fully saturated rings. The van der Waals surface area contributed by atoms with Crippen LogP contribution in [0, 0.1) is 0 Å². The van der Waals surface area contributed by atoms with Crippen LogP contribution in [0.1, 0.15) is 12.0 Å². The molecule has 2 aliphatic heterocycles. The van der Waals surface area contributed by atoms with Crippen molar-refractivity contribution in [3.63, 3.8) is 0 Å². The van der Waals surface area contributed by atoms with Gasteiger partial charge >= 0.3 is 0 Å². The molecular weight excluding hydrogens is 242 g/mol. The summed E-state index contributed by atoms with van der Waals surface area (Å²) in [4.78, 5) is 13.8. The molecule has 0 N–H and O–H groups in total. The van der Waals surface area contributed by atoms with Crippen molar-refractivity contribution < 1.29 is 9.53 Å². The van der Waals surface area contributed by atoms with E-state index in [1.165, 1.54) is 10.7 Å². The van der Waals surface area contributed by atoms with Crippen LogP contribution in [0.15, 0.2) is 29.4 Å². The first kappa shape index (κ1) is 12.2. The molecule has 0 aromatic heterocycles. The summed E-state index contributed by atoms with van der Waals surface area (Å²) in [5.41, 5.74) is 3.07. The minimum absolute atomic E-state index is 0.0484. The van der Waals surface area contributed by atoms with E-state index in [0.29, 0.717) is 6.42 Å². The molecule has 1 amide bonds. The molecule has 0 radical (unpaired) electrons. The number of benzene rings is 1. The summed E-state index contributed by atoms with van der Waals surface area (Å²) < 4.78 is 5.35. The Morgan fingerprint density at radius 1 is 1.16 bits per heavy atom. The average molecular weight is 259 g/mol. The van der Waals surface area contributed by atoms with Crippen molar-refractivity contribution in [1.29, 1.82) is 0 Å². The van der Waals surface area contributed by atoms with Crippen molar-refractivity contribution in [1.82, 2.24) is 5.01 Å². The smallest absolute Gasteiger partial charge is 0.248 e. The molecule has 0 aliphatic carbocycles. The molecule has 0 bridgehead atoms. The summed E-state index contributed by atoms with van der Waals surface area (Å²) in [7, 11) is 1.69. The monoisotopic (exact) mass is 259 g/mol. The van der Waals surface area contributed by atoms with Crippen LogP contribution in [-0.4, -0.2) is 50.0 Å². The van der Waals surface area contributed by atoms with E-state index < -0.39 is 0 Å². The first-order valence-corrected chi connectivity index (χ1v) is 6.51. The van der Waals surface area contributed by atoms with Crippen molar-refractivity contribution in [3.8, 4) is 0 Å². The minimum Gasteiger partial charge on any atom is -0.378 e. The molecule has 2 heterocycles. The normalized spacial score (nSPS) is 19.8. The number of hydrazone groups is 1. The molecule has 19 heavy (non-hydrogen) atoms. The summed E-state index contributed by atoms with van der Waals surface area (Å²) >= 11 is 0. The Kier molecular flexibility index (Phi) is 3.21. The largest absolute Gasteiger partial charge is 0.378 e. The SMILES string of the molecule is CN1N=C(c2ccc(N3CCOCC3)cc2)CC1=O. The van der Waals surface area contributed by atoms with Crippen LogP contribution in [0.5, 0.6) is 0 Å². The number of rotatable bonds is 2. The van der Waals surface area contributed by atoms with E-state index in [-0.39, 0.29) is 5.91 Å². The fraction of sp³-hybridized carbons (Fsp3) is 0.429. The van der Waals surface area contributed by atoms with Gasteiger partial charge in [0.1, 0.15) is 0 Å². The van der Waals surface area contributed by atoms with Gasteiger partial charge in [0.05, 0.1) is 25.3 Å². The minimum atomic E-state index is 0.0484. The predicted molar refractivity (Wildman–Crippen MR) is 73.4 cm³/mol. The molecule has 1 saturated heterocycles. The third kappa shape index (κ3) is 2.46. The molecule has 3 rings (SSSR count). The van der Waals surface area contributed by atoms with Gasteiger partial charge in [-0.15, -0.1) is 0 Å². The van der Waals surface area contributed by atoms with E-state index in [2.05, 4.69) is 22.1 Å². The number of hydrogen-bond acceptors (Lipinski definition) is 4. The molecule has 1 aromatic carbocycles. The Bertz CT molecular complexity index is 504. The van der Waals surface area contributed by atoms with Crippen LogP contribution in [0.25, 0.3) is 0 Å². The summed E-state index contributed by atoms with van der Waals surface area (Å²) in [6.07, 6.45) is 0.396. The zero-order valence-electron chi connectivity index (χ0n) is 11.0. The van der Waals surface area contributed by atoms with Crippen molar-refractivity contribution in [2.75, 3.05) is 38.3 Å². The van der Waals surface area contributed by atoms with Gasteiger partial charge in [0.2, 0.25) is 5.91 Å². The number of morpholine rings is 1. The van der Waals surface area contributed by atoms with E-state index in [1.54, 1.807) is 7.05 Å². The van der Waals surface area contributed by atoms with Gasteiger partial charge in [0.25, 0.3) is 0 Å². The standard InChI is InChI=1S/C14H17N3O2/c1-16-14(18)10-13(15-16)11-2-4-12(5-3-11)17-6-8-19-9-7-17/h2-5H,6-10H2,1H3. The van der Waals surface area contributed by atoms with Gasteiger partial charge in [-0.3, -0.25) is 4.79 Å². The number of ether oxygens (including phenoxy) is 1. The number of hydrogen-bond donors (Lipinski definition) is 0. The first-order valence-electron chi connectivity index (χ1n) is 6.51. The molecule has 0 atom stereocenters. The van der Waals surface area contributed by atoms with E-state index in [4.69, 9.17) is 4.74 Å². The Labute approximate surface area is 112 Å². The Balaban J connectivity index is 1.75. The van der Waals surface area contributed by atoms with Crippen molar-refractivity contribution in [2.24, 2.45) is 5.10 Å². The van der Waals surface area contributed by atoms with Gasteiger partial charge in [-0.1, -0.05) is 12.1 Å². The van der Waals surface area contributed by atoms with Gasteiger partial charge in [0, 0.05) is 25.8 Å². The van der Waals surface area contributed by atoms with Gasteiger partial charge in [0.15, 0.2) is 0 Å². The number of carbonyl (C=O) groups excluding carboxylic acids is 1. The maximum atomic E-state index is 11.5. The highest BCUT2D eigenvalue weighted by Gasteiger charge is 2.21. The first-order chi connectivity index (χ1) is 9.24. The quantitative estimate of drug-likeness (QED) is 0.798. The molecule has 5 heteroatoms. The second-order valence-corrected chi connectivity index (χ2v) is 4.79. The van der Waals surface area contributed by atoms with Crippen LogP contribution in [0.3, 0.4) is 0 Å². The van der Waals surface area contributed by atoms with E-state index >= 15 is 0 Å². The van der Waals surface area contributed by atoms with E-state index in [1.807, 2.05) is 12.1 Å². The van der Waals surface area contributed by atoms with Crippen molar-refractivity contribution in [3.05, 3.63) is 29.8 Å². The highest BCUT2D eigenvalue weighted by atomic mass is 16.5. The topological polar surface area (TPSA) is 45.1 Å². The second kappa shape index (κ2) is 5.01. The molecular formula is C14H17N3O2. The molecule has 100 valence electrons. The van der Waals surface area contributed by atoms with Crippen LogP contribution in [-0.2, 0) is 9.53 Å². The lowest BCUT2D eigenvalue weighted by Gasteiger charge is -2.28. The number of anilines is 1. The Morgan fingerprint density at radius 2 is 1.84 bits per heavy atom. The molecule has 2 aliphatic rings. The maximum Gasteiger partial charge on any atom is 0.248 e. The van der Waals surface area contributed by atoms with Crippen molar-refractivity contribution in [2.45, 2.75) is 6.42 Å². The highest BCUT2D eigenvalue weighted by Crippen LogP contribution is 2.19. The third-order valence-corrected chi connectivity index (χ3v) is 3.53. The van der Waals surface area contributed by atoms with Crippen molar-refractivity contribution >= 4 is 17.3 Å². The summed E-state index contributed by atoms with van der Waals surface area (Å²) in [5.74, 6) is 0.0484. The number of carbonyl (C=O) groups is 1. The zero-order valence-corrected chi connectivity index (χ0v) is 11.0. The summed E-state index contributed by atoms with van der Waals surface area (Å²) in [6, 6.07) is 8.25. The lowest BCUT2D eigenvalue weighted by atomic mass is 10.1. The molecule has 0 unspecified atom stereocenters. The highest BCUT2D eigenvalue weighted by molar-refractivity contribution is 6.13. The lowest BCUT2D eigenvalue weighted by Crippen LogP contribution is -2.36. The van der Waals surface area contributed by atoms with Gasteiger partial charge < -0.3 is 9.64 Å². The van der Waals surface area contributed by atoms with Gasteiger partial charge in [-0.25, -0.2) is 5.01 Å². The average Bonchev–Trinajstić information content (AvgIpc) is 2.80. The number of amides is 1. The summed E-state index contributed by atoms with van der Waals surface area (Å²) in [6.45, 7) is 3.44. The Morgan fingerprint density at radius 3 is 2.42 bits per heavy atom. The van der Waals surface area contributed by atoms with Crippen LogP contribution in [0.4, 0.5) is 5.69 Å².